The van der Waals surface area contributed by atoms with Crippen molar-refractivity contribution < 1.29 is 4.21 Å². The van der Waals surface area contributed by atoms with E-state index in [1.54, 1.807) is 18.4 Å². The first kappa shape index (κ1) is 24.6. The molecule has 0 spiro atoms. The molecular formula is C26H33N5OS. The van der Waals surface area contributed by atoms with Crippen LogP contribution in [0.5, 0.6) is 0 Å². The van der Waals surface area contributed by atoms with E-state index in [4.69, 9.17) is 10.1 Å². The van der Waals surface area contributed by atoms with E-state index in [1.165, 1.54) is 0 Å². The van der Waals surface area contributed by atoms with Gasteiger partial charge in [-0.2, -0.15) is 9.61 Å². The summed E-state index contributed by atoms with van der Waals surface area (Å²) in [6.45, 7) is 6.18. The molecule has 0 aliphatic rings. The standard InChI is InChI=1S/C24H27N5OS.C2H6/c1-4-5-11-20-16-23-26-22(18-9-7-6-8-10-18)17-24(29(23)27-20)25-19-12-14-21(15-13-19)31(30)28(2)3;1-2/h6-10,12-17,25H,4-5,11H2,1-3H3;1-2H3. The van der Waals surface area contributed by atoms with E-state index in [-0.39, 0.29) is 0 Å². The van der Waals surface area contributed by atoms with Crippen molar-refractivity contribution in [3.8, 4) is 11.3 Å². The summed E-state index contributed by atoms with van der Waals surface area (Å²) in [5.74, 6) is 0.841. The number of anilines is 2. The van der Waals surface area contributed by atoms with Crippen molar-refractivity contribution in [2.24, 2.45) is 0 Å². The Morgan fingerprint density at radius 3 is 2.33 bits per heavy atom. The topological polar surface area (TPSA) is 62.5 Å². The molecule has 33 heavy (non-hydrogen) atoms. The largest absolute Gasteiger partial charge is 0.340 e. The SMILES string of the molecule is CC.CCCCc1cc2nc(-c3ccccc3)cc(Nc3ccc(S(=O)N(C)C)cc3)n2n1. The van der Waals surface area contributed by atoms with Gasteiger partial charge in [0.25, 0.3) is 0 Å². The summed E-state index contributed by atoms with van der Waals surface area (Å²) in [5.41, 5.74) is 4.71. The van der Waals surface area contributed by atoms with Gasteiger partial charge in [0.05, 0.1) is 16.3 Å². The summed E-state index contributed by atoms with van der Waals surface area (Å²) >= 11 is 0. The lowest BCUT2D eigenvalue weighted by atomic mass is 10.1. The highest BCUT2D eigenvalue weighted by Gasteiger charge is 2.12. The fraction of sp³-hybridized carbons (Fsp3) is 0.308. The van der Waals surface area contributed by atoms with E-state index < -0.39 is 11.0 Å². The van der Waals surface area contributed by atoms with Crippen LogP contribution in [0.2, 0.25) is 0 Å². The van der Waals surface area contributed by atoms with Gasteiger partial charge < -0.3 is 5.32 Å². The maximum atomic E-state index is 12.3. The Labute approximate surface area is 199 Å². The Hall–Kier alpha value is -3.03. The molecule has 7 heteroatoms. The third-order valence-corrected chi connectivity index (χ3v) is 6.33. The first-order chi connectivity index (χ1) is 16.0. The Morgan fingerprint density at radius 2 is 1.70 bits per heavy atom. The minimum atomic E-state index is -1.16. The molecule has 0 fully saturated rings. The molecule has 0 amide bonds. The van der Waals surface area contributed by atoms with Crippen LogP contribution in [0.25, 0.3) is 16.9 Å². The average molecular weight is 464 g/mol. The number of nitrogens with one attached hydrogen (secondary N) is 1. The van der Waals surface area contributed by atoms with Gasteiger partial charge in [-0.3, -0.25) is 0 Å². The molecule has 0 saturated carbocycles. The molecule has 1 unspecified atom stereocenters. The molecule has 0 radical (unpaired) electrons. The molecule has 4 aromatic rings. The van der Waals surface area contributed by atoms with Gasteiger partial charge in [-0.1, -0.05) is 57.5 Å². The van der Waals surface area contributed by atoms with E-state index in [0.717, 1.165) is 58.3 Å². The Morgan fingerprint density at radius 1 is 1.00 bits per heavy atom. The minimum Gasteiger partial charge on any atom is -0.340 e. The molecule has 1 atom stereocenters. The van der Waals surface area contributed by atoms with E-state index >= 15 is 0 Å². The molecule has 0 saturated heterocycles. The van der Waals surface area contributed by atoms with E-state index in [2.05, 4.69) is 30.4 Å². The molecule has 174 valence electrons. The summed E-state index contributed by atoms with van der Waals surface area (Å²) in [6.07, 6.45) is 3.16. The number of aromatic nitrogens is 3. The van der Waals surface area contributed by atoms with E-state index in [1.807, 2.05) is 66.9 Å². The minimum absolute atomic E-state index is 0.765. The zero-order valence-corrected chi connectivity index (χ0v) is 20.9. The number of rotatable bonds is 8. The number of unbranched alkanes of at least 4 members (excludes halogenated alkanes) is 1. The van der Waals surface area contributed by atoms with Crippen molar-refractivity contribution in [1.29, 1.82) is 0 Å². The van der Waals surface area contributed by atoms with Crippen molar-refractivity contribution in [1.82, 2.24) is 18.9 Å². The van der Waals surface area contributed by atoms with Gasteiger partial charge >= 0.3 is 0 Å². The van der Waals surface area contributed by atoms with Crippen LogP contribution in [0.1, 0.15) is 39.3 Å². The van der Waals surface area contributed by atoms with Crippen molar-refractivity contribution in [3.63, 3.8) is 0 Å². The first-order valence-corrected chi connectivity index (χ1v) is 12.6. The smallest absolute Gasteiger partial charge is 0.158 e. The van der Waals surface area contributed by atoms with Crippen LogP contribution in [0.15, 0.2) is 71.6 Å². The lowest BCUT2D eigenvalue weighted by Gasteiger charge is -2.12. The molecule has 0 bridgehead atoms. The highest BCUT2D eigenvalue weighted by molar-refractivity contribution is 7.82. The normalized spacial score (nSPS) is 11.8. The monoisotopic (exact) mass is 463 g/mol. The molecule has 0 aliphatic carbocycles. The van der Waals surface area contributed by atoms with Gasteiger partial charge in [0.1, 0.15) is 16.8 Å². The van der Waals surface area contributed by atoms with Gasteiger partial charge in [-0.25, -0.2) is 13.5 Å². The van der Waals surface area contributed by atoms with Gasteiger partial charge in [0.15, 0.2) is 5.65 Å². The molecule has 6 nitrogen and oxygen atoms in total. The van der Waals surface area contributed by atoms with Crippen molar-refractivity contribution >= 4 is 28.1 Å². The van der Waals surface area contributed by atoms with Crippen LogP contribution in [-0.4, -0.2) is 37.2 Å². The van der Waals surface area contributed by atoms with Gasteiger partial charge in [-0.15, -0.1) is 0 Å². The second-order valence-electron chi connectivity index (χ2n) is 7.61. The predicted molar refractivity (Wildman–Crippen MR) is 138 cm³/mol. The van der Waals surface area contributed by atoms with Crippen molar-refractivity contribution in [2.45, 2.75) is 44.9 Å². The maximum absolute atomic E-state index is 12.3. The lowest BCUT2D eigenvalue weighted by Crippen LogP contribution is -2.15. The predicted octanol–water partition coefficient (Wildman–Crippen LogP) is 6.09. The molecule has 0 aliphatic heterocycles. The number of benzene rings is 2. The summed E-state index contributed by atoms with van der Waals surface area (Å²) in [6, 6.07) is 21.9. The maximum Gasteiger partial charge on any atom is 0.158 e. The Bertz CT molecular complexity index is 1190. The zero-order valence-electron chi connectivity index (χ0n) is 20.1. The van der Waals surface area contributed by atoms with Gasteiger partial charge in [-0.05, 0) is 51.2 Å². The van der Waals surface area contributed by atoms with Crippen LogP contribution in [0.4, 0.5) is 11.5 Å². The lowest BCUT2D eigenvalue weighted by molar-refractivity contribution is 0.603. The number of nitrogens with zero attached hydrogens (tertiary/aromatic N) is 4. The fourth-order valence-corrected chi connectivity index (χ4v) is 4.15. The zero-order chi connectivity index (χ0) is 23.8. The average Bonchev–Trinajstić information content (AvgIpc) is 3.28. The number of hydrogen-bond acceptors (Lipinski definition) is 4. The molecular weight excluding hydrogens is 430 g/mol. The van der Waals surface area contributed by atoms with Crippen LogP contribution in [0, 0.1) is 0 Å². The van der Waals surface area contributed by atoms with Crippen LogP contribution >= 0.6 is 0 Å². The van der Waals surface area contributed by atoms with E-state index in [0.29, 0.717) is 0 Å². The van der Waals surface area contributed by atoms with E-state index in [9.17, 15) is 4.21 Å². The highest BCUT2D eigenvalue weighted by Crippen LogP contribution is 2.26. The van der Waals surface area contributed by atoms with Gasteiger partial charge in [0, 0.05) is 23.4 Å². The summed E-state index contributed by atoms with van der Waals surface area (Å²) in [5, 5.41) is 8.26. The molecule has 2 aromatic heterocycles. The van der Waals surface area contributed by atoms with Crippen molar-refractivity contribution in [2.75, 3.05) is 19.4 Å². The van der Waals surface area contributed by atoms with Crippen LogP contribution < -0.4 is 5.32 Å². The fourth-order valence-electron chi connectivity index (χ4n) is 3.36. The number of fused-ring (bicyclic) bond motifs is 1. The quantitative estimate of drug-likeness (QED) is 0.343. The molecule has 4 rings (SSSR count). The Balaban J connectivity index is 0.00000149. The van der Waals surface area contributed by atoms with Crippen LogP contribution in [0.3, 0.4) is 0 Å². The second-order valence-corrected chi connectivity index (χ2v) is 9.31. The number of aryl methyl sites for hydroxylation is 1. The third-order valence-electron chi connectivity index (χ3n) is 4.99. The summed E-state index contributed by atoms with van der Waals surface area (Å²) in [7, 11) is 2.44. The number of hydrogen-bond donors (Lipinski definition) is 1. The molecule has 2 aromatic carbocycles. The molecule has 1 N–H and O–H groups in total. The first-order valence-electron chi connectivity index (χ1n) is 11.5. The Kier molecular flexibility index (Phi) is 8.74. The summed E-state index contributed by atoms with van der Waals surface area (Å²) in [4.78, 5) is 5.61. The summed E-state index contributed by atoms with van der Waals surface area (Å²) < 4.78 is 15.8. The highest BCUT2D eigenvalue weighted by atomic mass is 32.2. The third kappa shape index (κ3) is 6.06. The van der Waals surface area contributed by atoms with Crippen LogP contribution in [-0.2, 0) is 17.4 Å². The van der Waals surface area contributed by atoms with Gasteiger partial charge in [0.2, 0.25) is 0 Å². The molecule has 2 heterocycles. The second kappa shape index (κ2) is 11.7. The van der Waals surface area contributed by atoms with Crippen molar-refractivity contribution in [3.05, 3.63) is 72.4 Å².